The van der Waals surface area contributed by atoms with Gasteiger partial charge < -0.3 is 5.21 Å². The van der Waals surface area contributed by atoms with Crippen LogP contribution in [0.3, 0.4) is 0 Å². The lowest BCUT2D eigenvalue weighted by Gasteiger charge is -2.26. The van der Waals surface area contributed by atoms with Crippen LogP contribution in [-0.4, -0.2) is 36.7 Å². The lowest BCUT2D eigenvalue weighted by molar-refractivity contribution is 0.315. The average molecular weight is 296 g/mol. The normalized spacial score (nSPS) is 13.8. The molecule has 0 heterocycles. The molecule has 1 atom stereocenters. The van der Waals surface area contributed by atoms with E-state index < -0.39 is 10.0 Å². The van der Waals surface area contributed by atoms with Crippen LogP contribution in [0.4, 0.5) is 0 Å². The van der Waals surface area contributed by atoms with Crippen molar-refractivity contribution in [3.63, 3.8) is 0 Å². The average Bonchev–Trinajstić information content (AvgIpc) is 2.39. The second kappa shape index (κ2) is 7.21. The highest BCUT2D eigenvalue weighted by atomic mass is 32.2. The van der Waals surface area contributed by atoms with Crippen LogP contribution in [0, 0.1) is 6.92 Å². The maximum Gasteiger partial charge on any atom is 0.243 e. The molecule has 0 bridgehead atoms. The Labute approximate surface area is 120 Å². The summed E-state index contributed by atoms with van der Waals surface area (Å²) in [5, 5.41) is 11.4. The molecule has 0 spiro atoms. The highest BCUT2D eigenvalue weighted by molar-refractivity contribution is 7.89. The second-order valence-corrected chi connectivity index (χ2v) is 6.45. The summed E-state index contributed by atoms with van der Waals surface area (Å²) in [6.07, 6.45) is 3.34. The van der Waals surface area contributed by atoms with Gasteiger partial charge in [-0.2, -0.15) is 4.31 Å². The van der Waals surface area contributed by atoms with Crippen LogP contribution in [0.2, 0.25) is 0 Å². The number of benzene rings is 1. The largest absolute Gasteiger partial charge is 0.411 e. The van der Waals surface area contributed by atoms with Gasteiger partial charge in [-0.1, -0.05) is 23.8 Å². The van der Waals surface area contributed by atoms with Crippen LogP contribution in [0.15, 0.2) is 47.0 Å². The molecule has 0 saturated carbocycles. The van der Waals surface area contributed by atoms with Crippen molar-refractivity contribution in [1.82, 2.24) is 4.31 Å². The molecule has 5 nitrogen and oxygen atoms in total. The van der Waals surface area contributed by atoms with Crippen LogP contribution >= 0.6 is 0 Å². The molecule has 6 heteroatoms. The van der Waals surface area contributed by atoms with Crippen molar-refractivity contribution in [2.75, 3.05) is 6.54 Å². The Hall–Kier alpha value is -1.66. The van der Waals surface area contributed by atoms with Gasteiger partial charge in [-0.05, 0) is 32.4 Å². The Morgan fingerprint density at radius 2 is 2.00 bits per heavy atom. The van der Waals surface area contributed by atoms with E-state index >= 15 is 0 Å². The van der Waals surface area contributed by atoms with Crippen molar-refractivity contribution in [3.05, 3.63) is 42.5 Å². The van der Waals surface area contributed by atoms with E-state index in [-0.39, 0.29) is 17.5 Å². The molecule has 0 fully saturated rings. The SMILES string of the molecule is C=CCC(C)N(C/C=N\O)S(=O)(=O)c1ccc(C)cc1. The number of hydrogen-bond donors (Lipinski definition) is 1. The van der Waals surface area contributed by atoms with Gasteiger partial charge in [0.1, 0.15) is 0 Å². The first kappa shape index (κ1) is 16.4. The second-order valence-electron chi connectivity index (χ2n) is 4.56. The van der Waals surface area contributed by atoms with Crippen molar-refractivity contribution in [2.24, 2.45) is 5.16 Å². The predicted octanol–water partition coefficient (Wildman–Crippen LogP) is 2.41. The minimum absolute atomic E-state index is 0.0156. The van der Waals surface area contributed by atoms with Crippen LogP contribution in [0.1, 0.15) is 18.9 Å². The first-order valence-corrected chi connectivity index (χ1v) is 7.72. The number of rotatable bonds is 7. The Morgan fingerprint density at radius 1 is 1.40 bits per heavy atom. The third-order valence-corrected chi connectivity index (χ3v) is 4.96. The number of nitrogens with zero attached hydrogens (tertiary/aromatic N) is 2. The minimum Gasteiger partial charge on any atom is -0.411 e. The van der Waals surface area contributed by atoms with E-state index in [1.165, 1.54) is 4.31 Å². The quantitative estimate of drug-likeness (QED) is 0.363. The summed E-state index contributed by atoms with van der Waals surface area (Å²) in [6.45, 7) is 7.33. The van der Waals surface area contributed by atoms with Gasteiger partial charge in [-0.25, -0.2) is 8.42 Å². The van der Waals surface area contributed by atoms with Gasteiger partial charge in [-0.15, -0.1) is 11.7 Å². The Bertz CT molecular complexity index is 565. The van der Waals surface area contributed by atoms with E-state index in [0.717, 1.165) is 11.8 Å². The fraction of sp³-hybridized carbons (Fsp3) is 0.357. The highest BCUT2D eigenvalue weighted by Crippen LogP contribution is 2.19. The van der Waals surface area contributed by atoms with E-state index in [1.807, 2.05) is 6.92 Å². The third-order valence-electron chi connectivity index (χ3n) is 2.97. The van der Waals surface area contributed by atoms with Gasteiger partial charge in [-0.3, -0.25) is 0 Å². The molecular formula is C14H20N2O3S. The molecule has 20 heavy (non-hydrogen) atoms. The minimum atomic E-state index is -3.63. The Kier molecular flexibility index (Phi) is 5.91. The topological polar surface area (TPSA) is 70.0 Å². The summed E-state index contributed by atoms with van der Waals surface area (Å²) < 4.78 is 26.5. The van der Waals surface area contributed by atoms with E-state index in [2.05, 4.69) is 11.7 Å². The van der Waals surface area contributed by atoms with Gasteiger partial charge in [0.15, 0.2) is 0 Å². The maximum absolute atomic E-state index is 12.6. The standard InChI is InChI=1S/C14H20N2O3S/c1-4-5-13(3)16(11-10-15-17)20(18,19)14-8-6-12(2)7-9-14/h4,6-10,13,17H,1,5,11H2,2-3H3/b15-10-. The number of aryl methyl sites for hydroxylation is 1. The molecule has 110 valence electrons. The Balaban J connectivity index is 3.15. The number of sulfonamides is 1. The molecule has 1 aromatic rings. The molecule has 1 aromatic carbocycles. The van der Waals surface area contributed by atoms with Gasteiger partial charge >= 0.3 is 0 Å². The molecule has 1 N–H and O–H groups in total. The lowest BCUT2D eigenvalue weighted by atomic mass is 10.2. The zero-order valence-electron chi connectivity index (χ0n) is 11.7. The summed E-state index contributed by atoms with van der Waals surface area (Å²) in [4.78, 5) is 0.227. The number of oxime groups is 1. The highest BCUT2D eigenvalue weighted by Gasteiger charge is 2.27. The molecule has 0 aliphatic carbocycles. The number of hydrogen-bond acceptors (Lipinski definition) is 4. The molecule has 0 saturated heterocycles. The molecule has 0 radical (unpaired) electrons. The van der Waals surface area contributed by atoms with Crippen molar-refractivity contribution >= 4 is 16.2 Å². The smallest absolute Gasteiger partial charge is 0.243 e. The van der Waals surface area contributed by atoms with E-state index in [9.17, 15) is 8.42 Å². The van der Waals surface area contributed by atoms with E-state index in [4.69, 9.17) is 5.21 Å². The lowest BCUT2D eigenvalue weighted by Crippen LogP contribution is -2.39. The van der Waals surface area contributed by atoms with Gasteiger partial charge in [0, 0.05) is 6.04 Å². The van der Waals surface area contributed by atoms with Crippen molar-refractivity contribution in [3.8, 4) is 0 Å². The monoisotopic (exact) mass is 296 g/mol. The zero-order chi connectivity index (χ0) is 15.2. The predicted molar refractivity (Wildman–Crippen MR) is 79.6 cm³/mol. The summed E-state index contributed by atoms with van der Waals surface area (Å²) in [5.74, 6) is 0. The maximum atomic E-state index is 12.6. The van der Waals surface area contributed by atoms with Gasteiger partial charge in [0.2, 0.25) is 10.0 Å². The van der Waals surface area contributed by atoms with Crippen molar-refractivity contribution in [1.29, 1.82) is 0 Å². The van der Waals surface area contributed by atoms with Crippen LogP contribution < -0.4 is 0 Å². The Morgan fingerprint density at radius 3 is 2.50 bits per heavy atom. The molecule has 0 aliphatic heterocycles. The first-order valence-electron chi connectivity index (χ1n) is 6.28. The summed E-state index contributed by atoms with van der Waals surface area (Å²) in [6, 6.07) is 6.40. The molecule has 0 amide bonds. The fourth-order valence-corrected chi connectivity index (χ4v) is 3.41. The molecule has 0 aliphatic rings. The van der Waals surface area contributed by atoms with Crippen molar-refractivity contribution in [2.45, 2.75) is 31.2 Å². The van der Waals surface area contributed by atoms with Crippen LogP contribution in [0.5, 0.6) is 0 Å². The van der Waals surface area contributed by atoms with E-state index in [0.29, 0.717) is 6.42 Å². The third kappa shape index (κ3) is 3.91. The molecule has 0 aromatic heterocycles. The molecule has 1 unspecified atom stereocenters. The first-order chi connectivity index (χ1) is 9.43. The molecule has 1 rings (SSSR count). The zero-order valence-corrected chi connectivity index (χ0v) is 12.5. The van der Waals surface area contributed by atoms with Crippen LogP contribution in [0.25, 0.3) is 0 Å². The molecular weight excluding hydrogens is 276 g/mol. The van der Waals surface area contributed by atoms with Gasteiger partial charge in [0.05, 0.1) is 17.7 Å². The summed E-state index contributed by atoms with van der Waals surface area (Å²) in [7, 11) is -3.63. The van der Waals surface area contributed by atoms with Gasteiger partial charge in [0.25, 0.3) is 0 Å². The van der Waals surface area contributed by atoms with Crippen molar-refractivity contribution < 1.29 is 13.6 Å². The van der Waals surface area contributed by atoms with E-state index in [1.54, 1.807) is 37.3 Å². The fourth-order valence-electron chi connectivity index (χ4n) is 1.84. The van der Waals surface area contributed by atoms with Crippen LogP contribution in [-0.2, 0) is 10.0 Å². The summed E-state index contributed by atoms with van der Waals surface area (Å²) in [5.41, 5.74) is 0.992. The summed E-state index contributed by atoms with van der Waals surface area (Å²) >= 11 is 0.